The molecule has 3 rings (SSSR count). The van der Waals surface area contributed by atoms with Gasteiger partial charge >= 0.3 is 0 Å². The minimum absolute atomic E-state index is 0.475. The second-order valence-electron chi connectivity index (χ2n) is 5.54. The summed E-state index contributed by atoms with van der Waals surface area (Å²) < 4.78 is 0.904. The molecule has 21 heavy (non-hydrogen) atoms. The van der Waals surface area contributed by atoms with E-state index < -0.39 is 6.10 Å². The normalized spacial score (nSPS) is 16.0. The van der Waals surface area contributed by atoms with Crippen LogP contribution in [0.15, 0.2) is 22.5 Å². The van der Waals surface area contributed by atoms with E-state index in [0.29, 0.717) is 11.8 Å². The summed E-state index contributed by atoms with van der Waals surface area (Å²) in [4.78, 5) is 0. The van der Waals surface area contributed by atoms with E-state index in [0.717, 1.165) is 15.0 Å². The van der Waals surface area contributed by atoms with Crippen molar-refractivity contribution in [3.05, 3.63) is 34.9 Å². The van der Waals surface area contributed by atoms with Crippen LogP contribution in [-0.4, -0.2) is 27.1 Å². The van der Waals surface area contributed by atoms with E-state index in [4.69, 9.17) is 0 Å². The smallest absolute Gasteiger partial charge is 0.206 e. The Morgan fingerprint density at radius 2 is 2.00 bits per heavy atom. The highest BCUT2D eigenvalue weighted by molar-refractivity contribution is 8.01. The number of aromatic nitrogens is 2. The lowest BCUT2D eigenvalue weighted by Crippen LogP contribution is -2.01. The maximum atomic E-state index is 10.3. The summed E-state index contributed by atoms with van der Waals surface area (Å²) in [5.41, 5.74) is 3.34. The van der Waals surface area contributed by atoms with Gasteiger partial charge in [-0.25, -0.2) is 0 Å². The largest absolute Gasteiger partial charge is 0.388 e. The van der Waals surface area contributed by atoms with Crippen LogP contribution in [0, 0.1) is 13.8 Å². The number of nitrogens with one attached hydrogen (secondary N) is 1. The lowest BCUT2D eigenvalue weighted by molar-refractivity contribution is 0.204. The Hall–Kier alpha value is -1.11. The summed E-state index contributed by atoms with van der Waals surface area (Å²) in [6, 6.07) is 6.79. The van der Waals surface area contributed by atoms with Crippen molar-refractivity contribution in [2.45, 2.75) is 43.2 Å². The Kier molecular flexibility index (Phi) is 4.47. The molecule has 1 saturated carbocycles. The van der Waals surface area contributed by atoms with Crippen LogP contribution in [0.4, 0.5) is 5.13 Å². The third-order valence-electron chi connectivity index (χ3n) is 3.30. The fourth-order valence-corrected chi connectivity index (χ4v) is 4.00. The van der Waals surface area contributed by atoms with Gasteiger partial charge < -0.3 is 10.4 Å². The van der Waals surface area contributed by atoms with Crippen LogP contribution in [0.1, 0.15) is 35.6 Å². The van der Waals surface area contributed by atoms with Crippen molar-refractivity contribution in [1.29, 1.82) is 0 Å². The lowest BCUT2D eigenvalue weighted by atomic mass is 10.0. The number of hydrogen-bond donors (Lipinski definition) is 2. The van der Waals surface area contributed by atoms with Gasteiger partial charge in [0.2, 0.25) is 5.13 Å². The summed E-state index contributed by atoms with van der Waals surface area (Å²) in [7, 11) is 0. The Bertz CT molecular complexity index is 605. The van der Waals surface area contributed by atoms with Crippen LogP contribution in [0.2, 0.25) is 0 Å². The molecule has 1 aliphatic rings. The highest BCUT2D eigenvalue weighted by Gasteiger charge is 2.22. The first-order chi connectivity index (χ1) is 10.1. The molecule has 1 fully saturated rings. The molecule has 1 aromatic carbocycles. The Morgan fingerprint density at radius 3 is 2.67 bits per heavy atom. The van der Waals surface area contributed by atoms with Gasteiger partial charge in [-0.15, -0.1) is 10.2 Å². The maximum absolute atomic E-state index is 10.3. The van der Waals surface area contributed by atoms with Crippen molar-refractivity contribution in [2.24, 2.45) is 0 Å². The van der Waals surface area contributed by atoms with Crippen molar-refractivity contribution < 1.29 is 5.11 Å². The van der Waals surface area contributed by atoms with Crippen LogP contribution in [0.5, 0.6) is 0 Å². The van der Waals surface area contributed by atoms with Crippen molar-refractivity contribution in [3.8, 4) is 0 Å². The van der Waals surface area contributed by atoms with Crippen molar-refractivity contribution in [2.75, 3.05) is 11.1 Å². The zero-order valence-electron chi connectivity index (χ0n) is 12.2. The molecule has 1 unspecified atom stereocenters. The quantitative estimate of drug-likeness (QED) is 0.797. The van der Waals surface area contributed by atoms with E-state index in [1.165, 1.54) is 24.0 Å². The van der Waals surface area contributed by atoms with E-state index in [1.54, 1.807) is 23.1 Å². The monoisotopic (exact) mass is 321 g/mol. The van der Waals surface area contributed by atoms with Gasteiger partial charge in [-0.1, -0.05) is 52.4 Å². The van der Waals surface area contributed by atoms with Gasteiger partial charge in [-0.2, -0.15) is 0 Å². The van der Waals surface area contributed by atoms with E-state index in [9.17, 15) is 5.11 Å². The zero-order valence-corrected chi connectivity index (χ0v) is 13.8. The van der Waals surface area contributed by atoms with Crippen molar-refractivity contribution in [3.63, 3.8) is 0 Å². The fraction of sp³-hybridized carbons (Fsp3) is 0.467. The molecule has 6 heteroatoms. The first-order valence-electron chi connectivity index (χ1n) is 7.09. The molecule has 1 aromatic heterocycles. The molecule has 0 amide bonds. The Morgan fingerprint density at radius 1 is 1.29 bits per heavy atom. The third-order valence-corrected chi connectivity index (χ3v) is 5.37. The standard InChI is InChI=1S/C15H19N3OS2/c1-9-5-10(2)7-11(6-9)13(19)8-20-15-18-17-14(21-15)16-12-3-4-12/h5-7,12-13,19H,3-4,8H2,1-2H3,(H,16,17). The Balaban J connectivity index is 1.57. The molecule has 1 aliphatic carbocycles. The summed E-state index contributed by atoms with van der Waals surface area (Å²) >= 11 is 3.12. The van der Waals surface area contributed by atoms with E-state index in [2.05, 4.69) is 35.4 Å². The van der Waals surface area contributed by atoms with Crippen LogP contribution in [-0.2, 0) is 0 Å². The highest BCUT2D eigenvalue weighted by Crippen LogP contribution is 2.32. The van der Waals surface area contributed by atoms with E-state index >= 15 is 0 Å². The number of benzene rings is 1. The first kappa shape index (κ1) is 14.8. The third kappa shape index (κ3) is 4.18. The molecule has 1 atom stereocenters. The van der Waals surface area contributed by atoms with E-state index in [-0.39, 0.29) is 0 Å². The van der Waals surface area contributed by atoms with Gasteiger partial charge in [0, 0.05) is 11.8 Å². The van der Waals surface area contributed by atoms with Crippen LogP contribution in [0.25, 0.3) is 0 Å². The molecule has 0 saturated heterocycles. The number of hydrogen-bond acceptors (Lipinski definition) is 6. The van der Waals surface area contributed by atoms with Crippen LogP contribution in [0.3, 0.4) is 0 Å². The molecule has 1 heterocycles. The minimum Gasteiger partial charge on any atom is -0.388 e. The van der Waals surface area contributed by atoms with Crippen molar-refractivity contribution in [1.82, 2.24) is 10.2 Å². The predicted octanol–water partition coefficient (Wildman–Crippen LogP) is 3.55. The summed E-state index contributed by atoms with van der Waals surface area (Å²) in [6.07, 6.45) is 1.98. The molecular weight excluding hydrogens is 302 g/mol. The average molecular weight is 321 g/mol. The summed E-state index contributed by atoms with van der Waals surface area (Å²) in [5, 5.41) is 22.8. The average Bonchev–Trinajstić information content (AvgIpc) is 3.12. The molecule has 2 aromatic rings. The van der Waals surface area contributed by atoms with Gasteiger partial charge in [0.1, 0.15) is 0 Å². The fourth-order valence-electron chi connectivity index (χ4n) is 2.18. The van der Waals surface area contributed by atoms with Gasteiger partial charge in [0.05, 0.1) is 6.10 Å². The molecular formula is C15H19N3OS2. The summed E-state index contributed by atoms with van der Waals surface area (Å²) in [5.74, 6) is 0.598. The predicted molar refractivity (Wildman–Crippen MR) is 88.2 cm³/mol. The Labute approximate surface area is 133 Å². The second kappa shape index (κ2) is 6.34. The number of anilines is 1. The number of aliphatic hydroxyl groups excluding tert-OH is 1. The number of aliphatic hydroxyl groups is 1. The lowest BCUT2D eigenvalue weighted by Gasteiger charge is -2.11. The molecule has 112 valence electrons. The topological polar surface area (TPSA) is 58.0 Å². The molecule has 0 spiro atoms. The van der Waals surface area contributed by atoms with Gasteiger partial charge in [0.25, 0.3) is 0 Å². The summed E-state index contributed by atoms with van der Waals surface area (Å²) in [6.45, 7) is 4.11. The van der Waals surface area contributed by atoms with Crippen molar-refractivity contribution >= 4 is 28.2 Å². The van der Waals surface area contributed by atoms with Gasteiger partial charge in [-0.05, 0) is 32.3 Å². The van der Waals surface area contributed by atoms with Crippen LogP contribution >= 0.6 is 23.1 Å². The van der Waals surface area contributed by atoms with Crippen LogP contribution < -0.4 is 5.32 Å². The number of rotatable bonds is 6. The highest BCUT2D eigenvalue weighted by atomic mass is 32.2. The maximum Gasteiger partial charge on any atom is 0.206 e. The molecule has 0 aliphatic heterocycles. The molecule has 4 nitrogen and oxygen atoms in total. The van der Waals surface area contributed by atoms with E-state index in [1.807, 2.05) is 12.1 Å². The number of thioether (sulfide) groups is 1. The second-order valence-corrected chi connectivity index (χ2v) is 7.78. The number of nitrogens with zero attached hydrogens (tertiary/aromatic N) is 2. The minimum atomic E-state index is -0.475. The van der Waals surface area contributed by atoms with Gasteiger partial charge in [0.15, 0.2) is 4.34 Å². The van der Waals surface area contributed by atoms with Gasteiger partial charge in [-0.3, -0.25) is 0 Å². The molecule has 0 radical (unpaired) electrons. The molecule has 0 bridgehead atoms. The number of aryl methyl sites for hydroxylation is 2. The zero-order chi connectivity index (χ0) is 14.8. The molecule has 2 N–H and O–H groups in total. The first-order valence-corrected chi connectivity index (χ1v) is 8.89. The SMILES string of the molecule is Cc1cc(C)cc(C(O)CSc2nnc(NC3CC3)s2)c1.